The van der Waals surface area contributed by atoms with Gasteiger partial charge < -0.3 is 9.64 Å². The van der Waals surface area contributed by atoms with Gasteiger partial charge in [-0.3, -0.25) is 4.79 Å². The second-order valence-corrected chi connectivity index (χ2v) is 4.69. The molecule has 22 heavy (non-hydrogen) atoms. The molecule has 2 rings (SSSR count). The molecule has 6 heteroatoms. The molecule has 3 nitrogen and oxygen atoms in total. The standard InChI is InChI=1S/C16H14F3NO2/c1-20(6-7-22-15-4-2-12(17)3-5-15)16(21)11-8-13(18)10-14(19)9-11/h2-5,8-10H,6-7H2,1H3. The summed E-state index contributed by atoms with van der Waals surface area (Å²) >= 11 is 0. The number of benzene rings is 2. The van der Waals surface area contributed by atoms with Crippen LogP contribution in [-0.4, -0.2) is 31.0 Å². The summed E-state index contributed by atoms with van der Waals surface area (Å²) in [5, 5.41) is 0. The fourth-order valence-corrected chi connectivity index (χ4v) is 1.83. The van der Waals surface area contributed by atoms with Gasteiger partial charge in [-0.2, -0.15) is 0 Å². The van der Waals surface area contributed by atoms with Gasteiger partial charge in [-0.05, 0) is 36.4 Å². The molecule has 0 fully saturated rings. The number of ether oxygens (including phenoxy) is 1. The van der Waals surface area contributed by atoms with Gasteiger partial charge in [0.15, 0.2) is 0 Å². The molecule has 0 atom stereocenters. The third-order valence-electron chi connectivity index (χ3n) is 2.97. The van der Waals surface area contributed by atoms with E-state index in [1.807, 2.05) is 0 Å². The Balaban J connectivity index is 1.89. The molecule has 0 aliphatic rings. The molecular weight excluding hydrogens is 295 g/mol. The number of carbonyl (C=O) groups excluding carboxylic acids is 1. The lowest BCUT2D eigenvalue weighted by Crippen LogP contribution is -2.31. The largest absolute Gasteiger partial charge is 0.492 e. The van der Waals surface area contributed by atoms with Crippen LogP contribution in [0.25, 0.3) is 0 Å². The monoisotopic (exact) mass is 309 g/mol. The Bertz CT molecular complexity index is 639. The summed E-state index contributed by atoms with van der Waals surface area (Å²) in [5.41, 5.74) is -0.0678. The van der Waals surface area contributed by atoms with Crippen molar-refractivity contribution in [2.45, 2.75) is 0 Å². The van der Waals surface area contributed by atoms with Crippen LogP contribution in [0.4, 0.5) is 13.2 Å². The van der Waals surface area contributed by atoms with Gasteiger partial charge in [0.2, 0.25) is 0 Å². The SMILES string of the molecule is CN(CCOc1ccc(F)cc1)C(=O)c1cc(F)cc(F)c1. The number of nitrogens with zero attached hydrogens (tertiary/aromatic N) is 1. The molecule has 0 aliphatic heterocycles. The van der Waals surface area contributed by atoms with E-state index in [4.69, 9.17) is 4.74 Å². The second kappa shape index (κ2) is 6.98. The van der Waals surface area contributed by atoms with Crippen molar-refractivity contribution in [1.29, 1.82) is 0 Å². The fourth-order valence-electron chi connectivity index (χ4n) is 1.83. The molecule has 0 unspecified atom stereocenters. The summed E-state index contributed by atoms with van der Waals surface area (Å²) in [7, 11) is 1.50. The maximum atomic E-state index is 13.1. The molecule has 0 radical (unpaired) electrons. The minimum atomic E-state index is -0.806. The van der Waals surface area contributed by atoms with Crippen molar-refractivity contribution in [2.24, 2.45) is 0 Å². The van der Waals surface area contributed by atoms with E-state index in [0.29, 0.717) is 11.8 Å². The molecule has 1 amide bonds. The summed E-state index contributed by atoms with van der Waals surface area (Å²) in [6.45, 7) is 0.389. The molecule has 0 bridgehead atoms. The van der Waals surface area contributed by atoms with Crippen molar-refractivity contribution >= 4 is 5.91 Å². The number of hydrogen-bond donors (Lipinski definition) is 0. The zero-order valence-corrected chi connectivity index (χ0v) is 11.9. The Labute approximate surface area is 125 Å². The third-order valence-corrected chi connectivity index (χ3v) is 2.97. The Morgan fingerprint density at radius 1 is 1.00 bits per heavy atom. The predicted molar refractivity (Wildman–Crippen MR) is 75.2 cm³/mol. The average molecular weight is 309 g/mol. The maximum absolute atomic E-state index is 13.1. The molecule has 2 aromatic carbocycles. The number of carbonyl (C=O) groups is 1. The van der Waals surface area contributed by atoms with E-state index in [9.17, 15) is 18.0 Å². The highest BCUT2D eigenvalue weighted by atomic mass is 19.1. The summed E-state index contributed by atoms with van der Waals surface area (Å²) in [6.07, 6.45) is 0. The van der Waals surface area contributed by atoms with Gasteiger partial charge in [0, 0.05) is 18.7 Å². The quantitative estimate of drug-likeness (QED) is 0.848. The van der Waals surface area contributed by atoms with E-state index >= 15 is 0 Å². The summed E-state index contributed by atoms with van der Waals surface area (Å²) in [5.74, 6) is -2.02. The van der Waals surface area contributed by atoms with E-state index in [0.717, 1.165) is 12.1 Å². The normalized spacial score (nSPS) is 10.4. The summed E-state index contributed by atoms with van der Waals surface area (Å²) in [6, 6.07) is 8.12. The van der Waals surface area contributed by atoms with Crippen molar-refractivity contribution in [2.75, 3.05) is 20.2 Å². The number of likely N-dealkylation sites (N-methyl/N-ethyl adjacent to an activating group) is 1. The van der Waals surface area contributed by atoms with Crippen molar-refractivity contribution in [3.63, 3.8) is 0 Å². The van der Waals surface area contributed by atoms with Crippen molar-refractivity contribution in [3.05, 3.63) is 65.5 Å². The topological polar surface area (TPSA) is 29.5 Å². The molecule has 0 aliphatic carbocycles. The van der Waals surface area contributed by atoms with Crippen LogP contribution in [0.5, 0.6) is 5.75 Å². The predicted octanol–water partition coefficient (Wildman–Crippen LogP) is 3.25. The van der Waals surface area contributed by atoms with Crippen molar-refractivity contribution < 1.29 is 22.7 Å². The van der Waals surface area contributed by atoms with Gasteiger partial charge in [0.05, 0.1) is 6.54 Å². The zero-order chi connectivity index (χ0) is 16.1. The summed E-state index contributed by atoms with van der Waals surface area (Å²) in [4.78, 5) is 13.3. The average Bonchev–Trinajstić information content (AvgIpc) is 2.47. The van der Waals surface area contributed by atoms with Crippen LogP contribution < -0.4 is 4.74 Å². The van der Waals surface area contributed by atoms with Crippen LogP contribution >= 0.6 is 0 Å². The molecule has 0 saturated heterocycles. The first-order chi connectivity index (χ1) is 10.5. The smallest absolute Gasteiger partial charge is 0.253 e. The molecule has 0 heterocycles. The van der Waals surface area contributed by atoms with Crippen molar-refractivity contribution in [3.8, 4) is 5.75 Å². The highest BCUT2D eigenvalue weighted by Gasteiger charge is 2.14. The fraction of sp³-hybridized carbons (Fsp3) is 0.188. The Morgan fingerprint density at radius 3 is 2.18 bits per heavy atom. The van der Waals surface area contributed by atoms with Gasteiger partial charge in [-0.15, -0.1) is 0 Å². The third kappa shape index (κ3) is 4.25. The first kappa shape index (κ1) is 15.9. The lowest BCUT2D eigenvalue weighted by Gasteiger charge is -2.17. The number of halogens is 3. The van der Waals surface area contributed by atoms with Gasteiger partial charge in [0.25, 0.3) is 5.91 Å². The van der Waals surface area contributed by atoms with Crippen LogP contribution in [0.1, 0.15) is 10.4 Å². The molecule has 0 spiro atoms. The Hall–Kier alpha value is -2.50. The highest BCUT2D eigenvalue weighted by molar-refractivity contribution is 5.94. The highest BCUT2D eigenvalue weighted by Crippen LogP contribution is 2.12. The van der Waals surface area contributed by atoms with Gasteiger partial charge in [-0.1, -0.05) is 0 Å². The van der Waals surface area contributed by atoms with Crippen LogP contribution in [0.15, 0.2) is 42.5 Å². The molecule has 2 aromatic rings. The first-order valence-corrected chi connectivity index (χ1v) is 6.55. The number of amides is 1. The maximum Gasteiger partial charge on any atom is 0.253 e. The molecule has 0 saturated carbocycles. The van der Waals surface area contributed by atoms with E-state index < -0.39 is 17.5 Å². The summed E-state index contributed by atoms with van der Waals surface area (Å²) < 4.78 is 44.3. The molecular formula is C16H14F3NO2. The molecule has 116 valence electrons. The van der Waals surface area contributed by atoms with Crippen LogP contribution in [0.2, 0.25) is 0 Å². The van der Waals surface area contributed by atoms with Crippen LogP contribution in [-0.2, 0) is 0 Å². The van der Waals surface area contributed by atoms with Crippen molar-refractivity contribution in [1.82, 2.24) is 4.90 Å². The lowest BCUT2D eigenvalue weighted by atomic mass is 10.2. The Kier molecular flexibility index (Phi) is 5.04. The van der Waals surface area contributed by atoms with Gasteiger partial charge in [-0.25, -0.2) is 13.2 Å². The van der Waals surface area contributed by atoms with E-state index in [1.165, 1.54) is 36.2 Å². The zero-order valence-electron chi connectivity index (χ0n) is 11.9. The van der Waals surface area contributed by atoms with E-state index in [2.05, 4.69) is 0 Å². The van der Waals surface area contributed by atoms with Gasteiger partial charge >= 0.3 is 0 Å². The minimum Gasteiger partial charge on any atom is -0.492 e. The lowest BCUT2D eigenvalue weighted by molar-refractivity contribution is 0.0772. The molecule has 0 aromatic heterocycles. The first-order valence-electron chi connectivity index (χ1n) is 6.55. The minimum absolute atomic E-state index is 0.0678. The van der Waals surface area contributed by atoms with Gasteiger partial charge in [0.1, 0.15) is 29.8 Å². The number of rotatable bonds is 5. The second-order valence-electron chi connectivity index (χ2n) is 4.69. The van der Waals surface area contributed by atoms with Crippen LogP contribution in [0.3, 0.4) is 0 Å². The molecule has 0 N–H and O–H groups in total. The number of hydrogen-bond acceptors (Lipinski definition) is 2. The van der Waals surface area contributed by atoms with E-state index in [-0.39, 0.29) is 24.5 Å². The van der Waals surface area contributed by atoms with Crippen LogP contribution in [0, 0.1) is 17.5 Å². The van der Waals surface area contributed by atoms with E-state index in [1.54, 1.807) is 0 Å². The Morgan fingerprint density at radius 2 is 1.59 bits per heavy atom.